The number of rotatable bonds is 14. The van der Waals surface area contributed by atoms with E-state index >= 15 is 0 Å². The normalized spacial score (nSPS) is 10.9. The van der Waals surface area contributed by atoms with Crippen LogP contribution in [0.5, 0.6) is 0 Å². The predicted molar refractivity (Wildman–Crippen MR) is 124 cm³/mol. The van der Waals surface area contributed by atoms with Crippen LogP contribution in [-0.2, 0) is 4.79 Å². The van der Waals surface area contributed by atoms with Gasteiger partial charge in [-0.15, -0.1) is 24.0 Å². The highest BCUT2D eigenvalue weighted by Crippen LogP contribution is 2.10. The van der Waals surface area contributed by atoms with Crippen molar-refractivity contribution in [3.05, 3.63) is 11.6 Å². The Hall–Kier alpha value is -0.100. The van der Waals surface area contributed by atoms with Crippen LogP contribution in [0.2, 0.25) is 0 Å². The quantitative estimate of drug-likeness (QED) is 0.185. The summed E-state index contributed by atoms with van der Waals surface area (Å²) >= 11 is 0. The molecule has 0 rings (SSSR count). The lowest BCUT2D eigenvalue weighted by molar-refractivity contribution is -0.114. The summed E-state index contributed by atoms with van der Waals surface area (Å²) in [6.07, 6.45) is 18.2. The highest BCUT2D eigenvalue weighted by atomic mass is 127. The monoisotopic (exact) mass is 468 g/mol. The van der Waals surface area contributed by atoms with E-state index < -0.39 is 0 Å². The summed E-state index contributed by atoms with van der Waals surface area (Å²) in [6.45, 7) is 7.34. The summed E-state index contributed by atoms with van der Waals surface area (Å²) in [4.78, 5) is 12.6. The first-order chi connectivity index (χ1) is 11.5. The fourth-order valence-electron chi connectivity index (χ4n) is 2.38. The molecule has 4 heteroatoms. The lowest BCUT2D eigenvalue weighted by Crippen LogP contribution is -2.12. The molecule has 0 aromatic rings. The standard InChI is InChI=1S/C14H31N.C7H13NO.HI/c1-4-5-6-7-8-9-10-11-12-13-14-15(2)3;1-3-4-5-6(2)7(8)9;/h4-14H2,1-3H3;5H,3-4H2,1-2H3,(H2,8,9);1H. The molecule has 0 atom stereocenters. The first-order valence-electron chi connectivity index (χ1n) is 10.1. The second-order valence-corrected chi connectivity index (χ2v) is 7.03. The van der Waals surface area contributed by atoms with Gasteiger partial charge in [0.05, 0.1) is 0 Å². The Morgan fingerprint density at radius 3 is 1.64 bits per heavy atom. The number of nitrogens with zero attached hydrogens (tertiary/aromatic N) is 1. The molecule has 0 spiro atoms. The van der Waals surface area contributed by atoms with Crippen molar-refractivity contribution in [2.45, 2.75) is 97.8 Å². The minimum Gasteiger partial charge on any atom is -0.366 e. The fourth-order valence-corrected chi connectivity index (χ4v) is 2.38. The van der Waals surface area contributed by atoms with Crippen molar-refractivity contribution in [1.82, 2.24) is 4.90 Å². The Bertz CT molecular complexity index is 304. The van der Waals surface area contributed by atoms with Gasteiger partial charge >= 0.3 is 0 Å². The van der Waals surface area contributed by atoms with Crippen LogP contribution in [0, 0.1) is 0 Å². The Labute approximate surface area is 175 Å². The molecule has 0 aliphatic heterocycles. The third-order valence-electron chi connectivity index (χ3n) is 4.09. The summed E-state index contributed by atoms with van der Waals surface area (Å²) in [5, 5.41) is 0. The van der Waals surface area contributed by atoms with E-state index in [1.807, 2.05) is 6.08 Å². The Balaban J connectivity index is -0.000000418. The molecule has 152 valence electrons. The number of halogens is 1. The molecule has 0 aromatic heterocycles. The number of unbranched alkanes of at least 4 members (excludes halogenated alkanes) is 10. The number of amides is 1. The highest BCUT2D eigenvalue weighted by molar-refractivity contribution is 14.0. The van der Waals surface area contributed by atoms with Crippen molar-refractivity contribution in [2.75, 3.05) is 20.6 Å². The number of primary amides is 1. The molecule has 1 amide bonds. The molecule has 0 radical (unpaired) electrons. The molecular weight excluding hydrogens is 423 g/mol. The van der Waals surface area contributed by atoms with Crippen LogP contribution in [0.1, 0.15) is 97.8 Å². The average Bonchev–Trinajstić information content (AvgIpc) is 2.54. The SMILES string of the molecule is CCCC=C(C)C(N)=O.CCCCCCCCCCCCN(C)C.I. The minimum absolute atomic E-state index is 0. The van der Waals surface area contributed by atoms with Crippen LogP contribution in [0.15, 0.2) is 11.6 Å². The molecule has 0 saturated heterocycles. The van der Waals surface area contributed by atoms with Crippen molar-refractivity contribution in [2.24, 2.45) is 5.73 Å². The molecule has 0 aliphatic rings. The largest absolute Gasteiger partial charge is 0.366 e. The van der Waals surface area contributed by atoms with Gasteiger partial charge in [0.2, 0.25) is 5.91 Å². The lowest BCUT2D eigenvalue weighted by atomic mass is 10.1. The van der Waals surface area contributed by atoms with Gasteiger partial charge < -0.3 is 10.6 Å². The smallest absolute Gasteiger partial charge is 0.244 e. The molecule has 0 fully saturated rings. The Morgan fingerprint density at radius 2 is 1.28 bits per heavy atom. The Kier molecular flexibility index (Phi) is 28.4. The number of nitrogens with two attached hydrogens (primary N) is 1. The summed E-state index contributed by atoms with van der Waals surface area (Å²) in [7, 11) is 4.32. The van der Waals surface area contributed by atoms with Gasteiger partial charge in [0.1, 0.15) is 0 Å². The minimum atomic E-state index is -0.316. The van der Waals surface area contributed by atoms with Crippen LogP contribution in [0.25, 0.3) is 0 Å². The van der Waals surface area contributed by atoms with Crippen LogP contribution in [0.4, 0.5) is 0 Å². The maximum absolute atomic E-state index is 10.4. The third kappa shape index (κ3) is 28.9. The van der Waals surface area contributed by atoms with Gasteiger partial charge in [-0.25, -0.2) is 0 Å². The first kappa shape index (κ1) is 29.7. The molecule has 0 unspecified atom stereocenters. The maximum atomic E-state index is 10.4. The molecule has 25 heavy (non-hydrogen) atoms. The molecule has 0 aromatic carbocycles. The van der Waals surface area contributed by atoms with E-state index in [-0.39, 0.29) is 29.9 Å². The average molecular weight is 469 g/mol. The molecule has 2 N–H and O–H groups in total. The summed E-state index contributed by atoms with van der Waals surface area (Å²) in [6, 6.07) is 0. The number of hydrogen-bond donors (Lipinski definition) is 1. The van der Waals surface area contributed by atoms with Gasteiger partial charge in [-0.1, -0.05) is 84.1 Å². The van der Waals surface area contributed by atoms with Gasteiger partial charge in [-0.05, 0) is 40.4 Å². The van der Waals surface area contributed by atoms with E-state index in [1.54, 1.807) is 6.92 Å². The summed E-state index contributed by atoms with van der Waals surface area (Å²) in [5.41, 5.74) is 5.63. The van der Waals surface area contributed by atoms with E-state index in [4.69, 9.17) is 5.73 Å². The molecule has 0 heterocycles. The zero-order valence-electron chi connectivity index (χ0n) is 17.6. The zero-order valence-corrected chi connectivity index (χ0v) is 19.9. The van der Waals surface area contributed by atoms with Gasteiger partial charge in [-0.2, -0.15) is 0 Å². The number of hydrogen-bond acceptors (Lipinski definition) is 2. The van der Waals surface area contributed by atoms with E-state index in [0.29, 0.717) is 5.57 Å². The molecule has 3 nitrogen and oxygen atoms in total. The molecule has 0 aliphatic carbocycles. The fraction of sp³-hybridized carbons (Fsp3) is 0.857. The summed E-state index contributed by atoms with van der Waals surface area (Å²) in [5.74, 6) is -0.316. The van der Waals surface area contributed by atoms with Gasteiger partial charge in [-0.3, -0.25) is 4.79 Å². The second-order valence-electron chi connectivity index (χ2n) is 7.03. The van der Waals surface area contributed by atoms with Crippen molar-refractivity contribution < 1.29 is 4.79 Å². The van der Waals surface area contributed by atoms with E-state index in [2.05, 4.69) is 32.8 Å². The predicted octanol–water partition coefficient (Wildman–Crippen LogP) is 6.31. The second kappa shape index (κ2) is 23.9. The number of carbonyl (C=O) groups excluding carboxylic acids is 1. The first-order valence-corrected chi connectivity index (χ1v) is 10.1. The van der Waals surface area contributed by atoms with Crippen LogP contribution < -0.4 is 5.73 Å². The van der Waals surface area contributed by atoms with Gasteiger partial charge in [0, 0.05) is 5.57 Å². The molecular formula is C21H45IN2O. The molecule has 0 bridgehead atoms. The summed E-state index contributed by atoms with van der Waals surface area (Å²) < 4.78 is 0. The van der Waals surface area contributed by atoms with Gasteiger partial charge in [0.25, 0.3) is 0 Å². The maximum Gasteiger partial charge on any atom is 0.244 e. The van der Waals surface area contributed by atoms with Crippen molar-refractivity contribution >= 4 is 29.9 Å². The Morgan fingerprint density at radius 1 is 0.840 bits per heavy atom. The topological polar surface area (TPSA) is 46.3 Å². The van der Waals surface area contributed by atoms with Gasteiger partial charge in [0.15, 0.2) is 0 Å². The highest BCUT2D eigenvalue weighted by Gasteiger charge is 1.94. The zero-order chi connectivity index (χ0) is 18.6. The van der Waals surface area contributed by atoms with E-state index in [9.17, 15) is 4.79 Å². The van der Waals surface area contributed by atoms with Crippen LogP contribution >= 0.6 is 24.0 Å². The van der Waals surface area contributed by atoms with Crippen LogP contribution in [-0.4, -0.2) is 31.4 Å². The number of allylic oxidation sites excluding steroid dienone is 1. The van der Waals surface area contributed by atoms with Crippen molar-refractivity contribution in [3.8, 4) is 0 Å². The van der Waals surface area contributed by atoms with E-state index in [1.165, 1.54) is 70.8 Å². The van der Waals surface area contributed by atoms with E-state index in [0.717, 1.165) is 12.8 Å². The molecule has 0 saturated carbocycles. The number of carbonyl (C=O) groups is 1. The lowest BCUT2D eigenvalue weighted by Gasteiger charge is -2.08. The van der Waals surface area contributed by atoms with Crippen molar-refractivity contribution in [1.29, 1.82) is 0 Å². The van der Waals surface area contributed by atoms with Crippen LogP contribution in [0.3, 0.4) is 0 Å². The van der Waals surface area contributed by atoms with Crippen molar-refractivity contribution in [3.63, 3.8) is 0 Å². The third-order valence-corrected chi connectivity index (χ3v) is 4.09.